The van der Waals surface area contributed by atoms with Crippen LogP contribution >= 0.6 is 0 Å². The standard InChI is InChI=1S/C9H16N4O/c1-7(5-12-3)9(13-6-10)4-8(2)14-11/h4-6,10,12H,11H2,1-3H3/b7-5+,8-4+,10-6?,13-9-. The minimum Gasteiger partial charge on any atom is -0.416 e. The van der Waals surface area contributed by atoms with Crippen molar-refractivity contribution in [1.82, 2.24) is 5.32 Å². The Morgan fingerprint density at radius 3 is 2.57 bits per heavy atom. The molecule has 0 bridgehead atoms. The fourth-order valence-corrected chi connectivity index (χ4v) is 0.839. The highest BCUT2D eigenvalue weighted by Gasteiger charge is 1.99. The van der Waals surface area contributed by atoms with Gasteiger partial charge in [0.1, 0.15) is 12.1 Å². The molecule has 4 N–H and O–H groups in total. The van der Waals surface area contributed by atoms with Gasteiger partial charge >= 0.3 is 0 Å². The van der Waals surface area contributed by atoms with Gasteiger partial charge in [-0.1, -0.05) is 0 Å². The predicted molar refractivity (Wildman–Crippen MR) is 58.1 cm³/mol. The number of hydrogen-bond acceptors (Lipinski definition) is 4. The Balaban J connectivity index is 4.88. The monoisotopic (exact) mass is 196 g/mol. The third-order valence-corrected chi connectivity index (χ3v) is 1.49. The van der Waals surface area contributed by atoms with Crippen molar-refractivity contribution in [2.75, 3.05) is 7.05 Å². The normalized spacial score (nSPS) is 13.9. The first-order chi connectivity index (χ1) is 6.65. The van der Waals surface area contributed by atoms with E-state index in [0.29, 0.717) is 11.5 Å². The summed E-state index contributed by atoms with van der Waals surface area (Å²) in [5, 5.41) is 9.78. The van der Waals surface area contributed by atoms with Gasteiger partial charge in [0, 0.05) is 19.3 Å². The largest absolute Gasteiger partial charge is 0.416 e. The molecule has 78 valence electrons. The maximum Gasteiger partial charge on any atom is 0.123 e. The Bertz CT molecular complexity index is 279. The molecule has 0 aliphatic heterocycles. The van der Waals surface area contributed by atoms with E-state index in [2.05, 4.69) is 15.1 Å². The fraction of sp³-hybridized carbons (Fsp3) is 0.333. The van der Waals surface area contributed by atoms with Crippen LogP contribution in [0.5, 0.6) is 0 Å². The van der Waals surface area contributed by atoms with Crippen molar-refractivity contribution < 1.29 is 4.84 Å². The van der Waals surface area contributed by atoms with E-state index in [1.165, 1.54) is 0 Å². The maximum atomic E-state index is 6.90. The van der Waals surface area contributed by atoms with Crippen LogP contribution in [0, 0.1) is 5.41 Å². The van der Waals surface area contributed by atoms with E-state index < -0.39 is 0 Å². The molecule has 0 heterocycles. The zero-order chi connectivity index (χ0) is 11.0. The van der Waals surface area contributed by atoms with Crippen LogP contribution in [0.15, 0.2) is 28.6 Å². The maximum absolute atomic E-state index is 6.90. The molecule has 0 aromatic rings. The average Bonchev–Trinajstić information content (AvgIpc) is 2.17. The Labute approximate surface area is 83.8 Å². The molecule has 0 saturated carbocycles. The first kappa shape index (κ1) is 12.4. The summed E-state index contributed by atoms with van der Waals surface area (Å²) in [6.45, 7) is 3.59. The molecule has 0 aromatic heterocycles. The van der Waals surface area contributed by atoms with E-state index in [9.17, 15) is 0 Å². The van der Waals surface area contributed by atoms with Crippen molar-refractivity contribution >= 4 is 12.1 Å². The summed E-state index contributed by atoms with van der Waals surface area (Å²) in [4.78, 5) is 8.38. The Morgan fingerprint density at radius 1 is 1.50 bits per heavy atom. The molecular weight excluding hydrogens is 180 g/mol. The van der Waals surface area contributed by atoms with Crippen LogP contribution in [0.25, 0.3) is 0 Å². The van der Waals surface area contributed by atoms with Crippen molar-refractivity contribution in [3.8, 4) is 0 Å². The minimum absolute atomic E-state index is 0.537. The summed E-state index contributed by atoms with van der Waals surface area (Å²) < 4.78 is 0. The van der Waals surface area contributed by atoms with Crippen LogP contribution < -0.4 is 11.2 Å². The molecule has 0 aliphatic rings. The number of allylic oxidation sites excluding steroid dienone is 3. The number of aliphatic imine (C=N–C) groups is 1. The lowest BCUT2D eigenvalue weighted by atomic mass is 10.2. The highest BCUT2D eigenvalue weighted by molar-refractivity contribution is 6.10. The van der Waals surface area contributed by atoms with Gasteiger partial charge in [0.05, 0.1) is 5.71 Å². The smallest absolute Gasteiger partial charge is 0.123 e. The SMILES string of the molecule is CN/C=C(C)/C(/C=C(\C)ON)=N\C=N. The number of nitrogens with one attached hydrogen (secondary N) is 2. The van der Waals surface area contributed by atoms with Gasteiger partial charge < -0.3 is 10.2 Å². The van der Waals surface area contributed by atoms with Gasteiger partial charge in [0.25, 0.3) is 0 Å². The minimum atomic E-state index is 0.537. The van der Waals surface area contributed by atoms with Gasteiger partial charge in [-0.25, -0.2) is 4.99 Å². The van der Waals surface area contributed by atoms with E-state index in [4.69, 9.17) is 11.3 Å². The van der Waals surface area contributed by atoms with Gasteiger partial charge in [-0.3, -0.25) is 5.41 Å². The summed E-state index contributed by atoms with van der Waals surface area (Å²) in [6.07, 6.45) is 4.42. The van der Waals surface area contributed by atoms with Crippen LogP contribution in [-0.4, -0.2) is 19.1 Å². The Kier molecular flexibility index (Phi) is 6.06. The molecule has 0 atom stereocenters. The number of hydrogen-bond donors (Lipinski definition) is 3. The molecule has 5 heteroatoms. The number of nitrogens with two attached hydrogens (primary N) is 1. The van der Waals surface area contributed by atoms with Gasteiger partial charge in [-0.2, -0.15) is 5.90 Å². The lowest BCUT2D eigenvalue weighted by Gasteiger charge is -2.02. The van der Waals surface area contributed by atoms with Crippen molar-refractivity contribution in [3.63, 3.8) is 0 Å². The van der Waals surface area contributed by atoms with Crippen LogP contribution in [0.1, 0.15) is 13.8 Å². The molecule has 0 fully saturated rings. The number of nitrogens with zero attached hydrogens (tertiary/aromatic N) is 1. The second-order valence-electron chi connectivity index (χ2n) is 2.63. The summed E-state index contributed by atoms with van der Waals surface area (Å²) in [6, 6.07) is 0. The first-order valence-electron chi connectivity index (χ1n) is 4.12. The third kappa shape index (κ3) is 4.42. The number of rotatable bonds is 5. The van der Waals surface area contributed by atoms with E-state index >= 15 is 0 Å². The second kappa shape index (κ2) is 6.85. The first-order valence-corrected chi connectivity index (χ1v) is 4.12. The van der Waals surface area contributed by atoms with Crippen LogP contribution in [0.3, 0.4) is 0 Å². The van der Waals surface area contributed by atoms with Crippen molar-refractivity contribution in [2.24, 2.45) is 10.9 Å². The Hall–Kier alpha value is -1.62. The van der Waals surface area contributed by atoms with Gasteiger partial charge in [-0.05, 0) is 19.4 Å². The van der Waals surface area contributed by atoms with Gasteiger partial charge in [0.2, 0.25) is 0 Å². The molecule has 0 radical (unpaired) electrons. The van der Waals surface area contributed by atoms with Crippen molar-refractivity contribution in [3.05, 3.63) is 23.6 Å². The van der Waals surface area contributed by atoms with Crippen LogP contribution in [0.2, 0.25) is 0 Å². The summed E-state index contributed by atoms with van der Waals surface area (Å²) >= 11 is 0. The van der Waals surface area contributed by atoms with Crippen LogP contribution in [-0.2, 0) is 4.84 Å². The molecule has 14 heavy (non-hydrogen) atoms. The molecule has 0 aliphatic carbocycles. The van der Waals surface area contributed by atoms with Gasteiger partial charge in [0.15, 0.2) is 0 Å². The highest BCUT2D eigenvalue weighted by Crippen LogP contribution is 2.01. The van der Waals surface area contributed by atoms with E-state index in [0.717, 1.165) is 11.9 Å². The molecular formula is C9H16N4O. The lowest BCUT2D eigenvalue weighted by molar-refractivity contribution is 0.223. The zero-order valence-corrected chi connectivity index (χ0v) is 8.66. The molecule has 0 rings (SSSR count). The van der Waals surface area contributed by atoms with Crippen molar-refractivity contribution in [1.29, 1.82) is 5.41 Å². The lowest BCUT2D eigenvalue weighted by Crippen LogP contribution is -2.05. The average molecular weight is 196 g/mol. The molecule has 0 unspecified atom stereocenters. The van der Waals surface area contributed by atoms with Crippen molar-refractivity contribution in [2.45, 2.75) is 13.8 Å². The van der Waals surface area contributed by atoms with Crippen LogP contribution in [0.4, 0.5) is 0 Å². The quantitative estimate of drug-likeness (QED) is 0.265. The second-order valence-corrected chi connectivity index (χ2v) is 2.63. The van der Waals surface area contributed by atoms with E-state index in [-0.39, 0.29) is 0 Å². The predicted octanol–water partition coefficient (Wildman–Crippen LogP) is 0.952. The van der Waals surface area contributed by atoms with E-state index in [1.807, 2.05) is 6.92 Å². The van der Waals surface area contributed by atoms with E-state index in [1.54, 1.807) is 26.2 Å². The highest BCUT2D eigenvalue weighted by atomic mass is 16.6. The molecule has 0 spiro atoms. The molecule has 0 aromatic carbocycles. The summed E-state index contributed by atoms with van der Waals surface area (Å²) in [5.74, 6) is 5.51. The van der Waals surface area contributed by atoms with Gasteiger partial charge in [-0.15, -0.1) is 0 Å². The third-order valence-electron chi connectivity index (χ3n) is 1.49. The molecule has 5 nitrogen and oxygen atoms in total. The molecule has 0 saturated heterocycles. The zero-order valence-electron chi connectivity index (χ0n) is 8.66. The Morgan fingerprint density at radius 2 is 2.14 bits per heavy atom. The topological polar surface area (TPSA) is 83.5 Å². The summed E-state index contributed by atoms with van der Waals surface area (Å²) in [5.41, 5.74) is 1.53. The summed E-state index contributed by atoms with van der Waals surface area (Å²) in [7, 11) is 1.79. The molecule has 0 amide bonds. The fourth-order valence-electron chi connectivity index (χ4n) is 0.839.